The Morgan fingerprint density at radius 2 is 2.07 bits per heavy atom. The van der Waals surface area contributed by atoms with E-state index in [9.17, 15) is 4.79 Å². The van der Waals surface area contributed by atoms with E-state index in [0.717, 1.165) is 33.7 Å². The number of amides is 1. The fourth-order valence-corrected chi connectivity index (χ4v) is 4.16. The van der Waals surface area contributed by atoms with Crippen LogP contribution in [0.25, 0.3) is 16.5 Å². The first-order valence-corrected chi connectivity index (χ1v) is 9.83. The summed E-state index contributed by atoms with van der Waals surface area (Å²) in [5, 5.41) is 1.03. The number of aryl methyl sites for hydroxylation is 1. The summed E-state index contributed by atoms with van der Waals surface area (Å²) in [6, 6.07) is 12.9. The van der Waals surface area contributed by atoms with E-state index in [1.54, 1.807) is 29.6 Å². The summed E-state index contributed by atoms with van der Waals surface area (Å²) >= 11 is 0. The van der Waals surface area contributed by atoms with Crippen molar-refractivity contribution in [2.75, 3.05) is 6.54 Å². The Morgan fingerprint density at radius 3 is 2.83 bits per heavy atom. The number of carbonyl (C=O) groups excluding carboxylic acids is 1. The molecule has 0 spiro atoms. The van der Waals surface area contributed by atoms with Gasteiger partial charge in [-0.1, -0.05) is 24.3 Å². The first-order chi connectivity index (χ1) is 14.7. The van der Waals surface area contributed by atoms with Gasteiger partial charge in [-0.05, 0) is 25.1 Å². The van der Waals surface area contributed by atoms with Crippen molar-refractivity contribution in [3.63, 3.8) is 0 Å². The van der Waals surface area contributed by atoms with Crippen LogP contribution in [0.15, 0.2) is 65.6 Å². The van der Waals surface area contributed by atoms with E-state index in [-0.39, 0.29) is 5.91 Å². The summed E-state index contributed by atoms with van der Waals surface area (Å²) in [6.07, 6.45) is 5.32. The van der Waals surface area contributed by atoms with Crippen LogP contribution >= 0.6 is 0 Å². The molecule has 1 aromatic carbocycles. The molecule has 1 aliphatic heterocycles. The Morgan fingerprint density at radius 1 is 1.23 bits per heavy atom. The molecule has 4 heterocycles. The van der Waals surface area contributed by atoms with E-state index >= 15 is 0 Å². The molecule has 150 valence electrons. The lowest BCUT2D eigenvalue weighted by Gasteiger charge is -2.34. The minimum absolute atomic E-state index is 0.199. The van der Waals surface area contributed by atoms with Crippen LogP contribution in [0.4, 0.5) is 0 Å². The Labute approximate surface area is 173 Å². The smallest absolute Gasteiger partial charge is 0.258 e. The number of nitrogens with one attached hydrogen (secondary N) is 1. The number of rotatable bonds is 3. The third kappa shape index (κ3) is 2.78. The number of H-pyrrole nitrogens is 1. The van der Waals surface area contributed by atoms with Gasteiger partial charge in [-0.15, -0.1) is 0 Å². The highest BCUT2D eigenvalue weighted by Gasteiger charge is 2.38. The second-order valence-electron chi connectivity index (χ2n) is 7.30. The van der Waals surface area contributed by atoms with Crippen LogP contribution in [-0.4, -0.2) is 32.3 Å². The normalized spacial score (nSPS) is 16.6. The number of para-hydroxylation sites is 1. The number of pyridine rings is 1. The highest BCUT2D eigenvalue weighted by atomic mass is 16.3. The van der Waals surface area contributed by atoms with Crippen molar-refractivity contribution in [2.45, 2.75) is 19.4 Å². The van der Waals surface area contributed by atoms with Gasteiger partial charge in [-0.3, -0.25) is 9.78 Å². The molecule has 0 aliphatic carbocycles. The van der Waals surface area contributed by atoms with Crippen LogP contribution in [0, 0.1) is 6.92 Å². The van der Waals surface area contributed by atoms with E-state index in [0.29, 0.717) is 24.2 Å². The molecular weight excluding hydrogens is 378 g/mol. The van der Waals surface area contributed by atoms with Gasteiger partial charge >= 0.3 is 0 Å². The van der Waals surface area contributed by atoms with Crippen molar-refractivity contribution < 1.29 is 9.21 Å². The molecule has 3 N–H and O–H groups in total. The average Bonchev–Trinajstić information content (AvgIpc) is 3.39. The molecule has 0 fully saturated rings. The van der Waals surface area contributed by atoms with Crippen molar-refractivity contribution in [1.82, 2.24) is 19.9 Å². The van der Waals surface area contributed by atoms with Crippen LogP contribution in [0.5, 0.6) is 0 Å². The zero-order valence-electron chi connectivity index (χ0n) is 16.5. The quantitative estimate of drug-likeness (QED) is 0.515. The standard InChI is InChI=1S/C23H21N5O2/c1-14-15-6-2-3-8-19(15)30-22(14)21-20-18(26-13-27-20)9-11-28(21)23(29)16(12-24)17-7-4-5-10-25-17/h2-8,10,12-13,21H,9,11,24H2,1H3,(H,26,27)/b16-12+/t21-/m1/s1. The van der Waals surface area contributed by atoms with Gasteiger partial charge in [-0.2, -0.15) is 0 Å². The van der Waals surface area contributed by atoms with Gasteiger partial charge in [0.2, 0.25) is 0 Å². The minimum Gasteiger partial charge on any atom is -0.458 e. The number of nitrogens with zero attached hydrogens (tertiary/aromatic N) is 3. The maximum Gasteiger partial charge on any atom is 0.258 e. The van der Waals surface area contributed by atoms with E-state index in [4.69, 9.17) is 10.2 Å². The molecule has 1 atom stereocenters. The predicted octanol–water partition coefficient (Wildman–Crippen LogP) is 3.33. The minimum atomic E-state index is -0.446. The highest BCUT2D eigenvalue weighted by Crippen LogP contribution is 2.40. The summed E-state index contributed by atoms with van der Waals surface area (Å²) in [5.41, 5.74) is 10.4. The summed E-state index contributed by atoms with van der Waals surface area (Å²) < 4.78 is 6.25. The lowest BCUT2D eigenvalue weighted by Crippen LogP contribution is -2.41. The molecule has 0 saturated carbocycles. The lowest BCUT2D eigenvalue weighted by molar-refractivity contribution is -0.127. The Hall–Kier alpha value is -3.87. The predicted molar refractivity (Wildman–Crippen MR) is 113 cm³/mol. The molecule has 7 nitrogen and oxygen atoms in total. The number of carbonyl (C=O) groups is 1. The molecule has 3 aromatic heterocycles. The molecule has 1 amide bonds. The first kappa shape index (κ1) is 18.2. The van der Waals surface area contributed by atoms with Crippen molar-refractivity contribution in [2.24, 2.45) is 5.73 Å². The van der Waals surface area contributed by atoms with E-state index in [1.165, 1.54) is 6.20 Å². The van der Waals surface area contributed by atoms with Crippen LogP contribution < -0.4 is 5.73 Å². The molecule has 7 heteroatoms. The summed E-state index contributed by atoms with van der Waals surface area (Å²) in [6.45, 7) is 2.53. The van der Waals surface area contributed by atoms with Crippen molar-refractivity contribution in [3.05, 3.63) is 89.6 Å². The molecule has 4 aromatic rings. The number of aromatic amines is 1. The van der Waals surface area contributed by atoms with E-state index in [1.807, 2.05) is 37.3 Å². The number of nitrogens with two attached hydrogens (primary N) is 1. The number of hydrogen-bond acceptors (Lipinski definition) is 5. The molecule has 1 aliphatic rings. The molecule has 0 radical (unpaired) electrons. The second-order valence-corrected chi connectivity index (χ2v) is 7.30. The van der Waals surface area contributed by atoms with Crippen LogP contribution in [0.2, 0.25) is 0 Å². The maximum atomic E-state index is 13.6. The Balaban J connectivity index is 1.64. The highest BCUT2D eigenvalue weighted by molar-refractivity contribution is 6.19. The van der Waals surface area contributed by atoms with Crippen LogP contribution in [0.1, 0.15) is 34.4 Å². The van der Waals surface area contributed by atoms with Crippen molar-refractivity contribution in [3.8, 4) is 0 Å². The number of aromatic nitrogens is 3. The Bertz CT molecular complexity index is 1260. The summed E-state index contributed by atoms with van der Waals surface area (Å²) in [5.74, 6) is 0.518. The fourth-order valence-electron chi connectivity index (χ4n) is 4.16. The first-order valence-electron chi connectivity index (χ1n) is 9.83. The van der Waals surface area contributed by atoms with E-state index in [2.05, 4.69) is 15.0 Å². The average molecular weight is 399 g/mol. The molecule has 5 rings (SSSR count). The van der Waals surface area contributed by atoms with Gasteiger partial charge in [0.1, 0.15) is 17.4 Å². The van der Waals surface area contributed by atoms with Crippen molar-refractivity contribution >= 4 is 22.4 Å². The molecule has 0 bridgehead atoms. The molecule has 0 unspecified atom stereocenters. The third-order valence-corrected chi connectivity index (χ3v) is 5.65. The molecular formula is C23H21N5O2. The van der Waals surface area contributed by atoms with Crippen LogP contribution in [0.3, 0.4) is 0 Å². The maximum absolute atomic E-state index is 13.6. The number of furan rings is 1. The fraction of sp³-hybridized carbons (Fsp3) is 0.174. The number of hydrogen-bond donors (Lipinski definition) is 2. The van der Waals surface area contributed by atoms with Gasteiger partial charge in [0.25, 0.3) is 5.91 Å². The third-order valence-electron chi connectivity index (χ3n) is 5.65. The zero-order chi connectivity index (χ0) is 20.7. The zero-order valence-corrected chi connectivity index (χ0v) is 16.5. The van der Waals surface area contributed by atoms with Gasteiger partial charge in [0.15, 0.2) is 0 Å². The second kappa shape index (κ2) is 7.18. The molecule has 0 saturated heterocycles. The van der Waals surface area contributed by atoms with Gasteiger partial charge < -0.3 is 20.0 Å². The number of benzene rings is 1. The van der Waals surface area contributed by atoms with Crippen LogP contribution in [-0.2, 0) is 11.2 Å². The lowest BCUT2D eigenvalue weighted by atomic mass is 9.96. The van der Waals surface area contributed by atoms with E-state index < -0.39 is 6.04 Å². The summed E-state index contributed by atoms with van der Waals surface area (Å²) in [7, 11) is 0. The Kier molecular flexibility index (Phi) is 4.35. The monoisotopic (exact) mass is 399 g/mol. The van der Waals surface area contributed by atoms with Gasteiger partial charge in [-0.25, -0.2) is 4.98 Å². The van der Waals surface area contributed by atoms with Gasteiger partial charge in [0.05, 0.1) is 23.3 Å². The van der Waals surface area contributed by atoms with Gasteiger partial charge in [0, 0.05) is 42.0 Å². The number of fused-ring (bicyclic) bond motifs is 2. The SMILES string of the molecule is Cc1c([C@H]2c3nc[nH]c3CCN2C(=O)/C(=C/N)c2ccccn2)oc2ccccc12. The summed E-state index contributed by atoms with van der Waals surface area (Å²) in [4.78, 5) is 27.5. The largest absolute Gasteiger partial charge is 0.458 e. The molecule has 30 heavy (non-hydrogen) atoms. The number of imidazole rings is 1. The topological polar surface area (TPSA) is 101 Å². The van der Waals surface area contributed by atoms with Crippen molar-refractivity contribution in [1.29, 1.82) is 0 Å².